The van der Waals surface area contributed by atoms with Crippen LogP contribution in [0.25, 0.3) is 0 Å². The Kier molecular flexibility index (Phi) is 2.73. The van der Waals surface area contributed by atoms with Gasteiger partial charge in [0.2, 0.25) is 0 Å². The lowest BCUT2D eigenvalue weighted by Gasteiger charge is -2.53. The fourth-order valence-corrected chi connectivity index (χ4v) is 4.58. The Morgan fingerprint density at radius 1 is 1.40 bits per heavy atom. The summed E-state index contributed by atoms with van der Waals surface area (Å²) in [4.78, 5) is 23.4. The third-order valence-electron chi connectivity index (χ3n) is 5.22. The molecule has 0 aromatic rings. The van der Waals surface area contributed by atoms with Gasteiger partial charge in [-0.15, -0.1) is 0 Å². The summed E-state index contributed by atoms with van der Waals surface area (Å²) in [5.74, 6) is -4.10. The van der Waals surface area contributed by atoms with Gasteiger partial charge in [-0.2, -0.15) is 0 Å². The van der Waals surface area contributed by atoms with E-state index in [4.69, 9.17) is 4.74 Å². The van der Waals surface area contributed by atoms with Crippen LogP contribution in [0.5, 0.6) is 0 Å². The number of aliphatic hydroxyl groups is 2. The number of aliphatic hydroxyl groups excluding tert-OH is 1. The molecule has 0 aromatic carbocycles. The summed E-state index contributed by atoms with van der Waals surface area (Å²) >= 11 is 0. The Bertz CT molecular complexity index is 472. The van der Waals surface area contributed by atoms with E-state index in [9.17, 15) is 24.9 Å². The molecule has 0 radical (unpaired) electrons. The van der Waals surface area contributed by atoms with Crippen molar-refractivity contribution in [1.82, 2.24) is 0 Å². The summed E-state index contributed by atoms with van der Waals surface area (Å²) in [6.07, 6.45) is -0.812. The molecule has 3 aliphatic rings. The number of rotatable bonds is 1. The second-order valence-electron chi connectivity index (χ2n) is 7.26. The summed E-state index contributed by atoms with van der Waals surface area (Å²) in [6, 6.07) is 0. The van der Waals surface area contributed by atoms with Crippen LogP contribution < -0.4 is 0 Å². The van der Waals surface area contributed by atoms with Crippen LogP contribution in [0.2, 0.25) is 0 Å². The molecule has 6 atom stereocenters. The Morgan fingerprint density at radius 3 is 2.65 bits per heavy atom. The monoisotopic (exact) mass is 284 g/mol. The third-order valence-corrected chi connectivity index (χ3v) is 5.22. The van der Waals surface area contributed by atoms with Gasteiger partial charge in [0.25, 0.3) is 0 Å². The van der Waals surface area contributed by atoms with Gasteiger partial charge < -0.3 is 20.1 Å². The number of hydrogen-bond donors (Lipinski definition) is 3. The molecule has 6 heteroatoms. The molecule has 2 saturated carbocycles. The van der Waals surface area contributed by atoms with Crippen molar-refractivity contribution in [1.29, 1.82) is 0 Å². The van der Waals surface area contributed by atoms with E-state index >= 15 is 0 Å². The fraction of sp³-hybridized carbons (Fsp3) is 0.857. The first-order valence-electron chi connectivity index (χ1n) is 6.99. The molecule has 1 aliphatic heterocycles. The second kappa shape index (κ2) is 3.95. The van der Waals surface area contributed by atoms with Crippen LogP contribution in [0, 0.1) is 23.2 Å². The Hall–Kier alpha value is -1.14. The van der Waals surface area contributed by atoms with Gasteiger partial charge in [-0.05, 0) is 24.7 Å². The van der Waals surface area contributed by atoms with E-state index in [-0.39, 0.29) is 11.8 Å². The van der Waals surface area contributed by atoms with Crippen molar-refractivity contribution in [2.24, 2.45) is 23.2 Å². The quantitative estimate of drug-likeness (QED) is 0.593. The number of carbonyl (C=O) groups is 2. The number of carboxylic acid groups (broad SMARTS) is 1. The molecule has 0 unspecified atom stereocenters. The average Bonchev–Trinajstić information content (AvgIpc) is 2.59. The average molecular weight is 284 g/mol. The highest BCUT2D eigenvalue weighted by atomic mass is 16.6. The van der Waals surface area contributed by atoms with Gasteiger partial charge in [-0.25, -0.2) is 0 Å². The molecule has 3 N–H and O–H groups in total. The molecule has 20 heavy (non-hydrogen) atoms. The highest BCUT2D eigenvalue weighted by molar-refractivity contribution is 5.83. The standard InChI is InChI=1S/C14H20O6/c1-13(2)4-7-10-9(12(18)20-7)6(11(16)17)3-8(15)14(10,19)5-13/h6-10,15,19H,3-5H2,1-2H3,(H,16,17)/t6-,7+,8+,9-,10-,14-/m1/s1. The van der Waals surface area contributed by atoms with Crippen molar-refractivity contribution in [2.45, 2.75) is 50.9 Å². The number of aliphatic carboxylic acids is 1. The van der Waals surface area contributed by atoms with E-state index in [1.807, 2.05) is 13.8 Å². The molecule has 0 amide bonds. The van der Waals surface area contributed by atoms with Gasteiger partial charge in [-0.3, -0.25) is 9.59 Å². The molecule has 3 fully saturated rings. The summed E-state index contributed by atoms with van der Waals surface area (Å²) in [5, 5.41) is 30.5. The topological polar surface area (TPSA) is 104 Å². The van der Waals surface area contributed by atoms with E-state index in [2.05, 4.69) is 0 Å². The maximum atomic E-state index is 12.0. The predicted molar refractivity (Wildman–Crippen MR) is 66.6 cm³/mol. The van der Waals surface area contributed by atoms with Crippen LogP contribution in [-0.4, -0.2) is 45.1 Å². The van der Waals surface area contributed by atoms with Crippen LogP contribution in [0.15, 0.2) is 0 Å². The lowest BCUT2D eigenvalue weighted by Crippen LogP contribution is -2.64. The molecule has 0 spiro atoms. The van der Waals surface area contributed by atoms with E-state index in [1.165, 1.54) is 0 Å². The van der Waals surface area contributed by atoms with Gasteiger partial charge in [0.15, 0.2) is 0 Å². The molecular weight excluding hydrogens is 264 g/mol. The normalized spacial score (nSPS) is 49.4. The van der Waals surface area contributed by atoms with Crippen molar-refractivity contribution in [2.75, 3.05) is 0 Å². The van der Waals surface area contributed by atoms with Gasteiger partial charge in [-0.1, -0.05) is 13.8 Å². The second-order valence-corrected chi connectivity index (χ2v) is 7.26. The first kappa shape index (κ1) is 13.8. The van der Waals surface area contributed by atoms with Crippen molar-refractivity contribution in [3.8, 4) is 0 Å². The van der Waals surface area contributed by atoms with Gasteiger partial charge >= 0.3 is 11.9 Å². The van der Waals surface area contributed by atoms with Crippen LogP contribution in [0.1, 0.15) is 33.1 Å². The summed E-state index contributed by atoms with van der Waals surface area (Å²) in [5.41, 5.74) is -1.70. The summed E-state index contributed by atoms with van der Waals surface area (Å²) in [7, 11) is 0. The lowest BCUT2D eigenvalue weighted by atomic mass is 9.53. The molecule has 0 aromatic heterocycles. The number of carboxylic acids is 1. The smallest absolute Gasteiger partial charge is 0.310 e. The molecule has 6 nitrogen and oxygen atoms in total. The number of ether oxygens (including phenoxy) is 1. The van der Waals surface area contributed by atoms with Crippen molar-refractivity contribution in [3.05, 3.63) is 0 Å². The highest BCUT2D eigenvalue weighted by Gasteiger charge is 2.68. The molecule has 1 saturated heterocycles. The van der Waals surface area contributed by atoms with Crippen molar-refractivity contribution < 1.29 is 29.6 Å². The maximum absolute atomic E-state index is 12.0. The van der Waals surface area contributed by atoms with Crippen LogP contribution in [-0.2, 0) is 14.3 Å². The summed E-state index contributed by atoms with van der Waals surface area (Å²) in [6.45, 7) is 3.91. The van der Waals surface area contributed by atoms with E-state index < -0.39 is 47.5 Å². The number of hydrogen-bond acceptors (Lipinski definition) is 5. The molecule has 1 heterocycles. The summed E-state index contributed by atoms with van der Waals surface area (Å²) < 4.78 is 5.34. The highest BCUT2D eigenvalue weighted by Crippen LogP contribution is 2.57. The predicted octanol–water partition coefficient (Wildman–Crippen LogP) is 0.161. The van der Waals surface area contributed by atoms with E-state index in [0.717, 1.165) is 0 Å². The molecular formula is C14H20O6. The lowest BCUT2D eigenvalue weighted by molar-refractivity contribution is -0.211. The minimum Gasteiger partial charge on any atom is -0.481 e. The van der Waals surface area contributed by atoms with Crippen LogP contribution >= 0.6 is 0 Å². The van der Waals surface area contributed by atoms with Gasteiger partial charge in [0.05, 0.1) is 23.5 Å². The SMILES string of the molecule is CC1(C)C[C@@H]2OC(=O)[C@H]3[C@@H]2[C@@](O)(C1)[C@@H](O)C[C@H]3C(=O)O. The minimum absolute atomic E-state index is 0.106. The van der Waals surface area contributed by atoms with Crippen LogP contribution in [0.3, 0.4) is 0 Å². The third kappa shape index (κ3) is 1.71. The van der Waals surface area contributed by atoms with Gasteiger partial charge in [0, 0.05) is 5.92 Å². The Balaban J connectivity index is 2.06. The van der Waals surface area contributed by atoms with Gasteiger partial charge in [0.1, 0.15) is 6.10 Å². The first-order valence-corrected chi connectivity index (χ1v) is 6.99. The first-order chi connectivity index (χ1) is 9.16. The van der Waals surface area contributed by atoms with E-state index in [1.54, 1.807) is 0 Å². The number of carbonyl (C=O) groups excluding carboxylic acids is 1. The van der Waals surface area contributed by atoms with Crippen molar-refractivity contribution >= 4 is 11.9 Å². The largest absolute Gasteiger partial charge is 0.481 e. The number of esters is 1. The fourth-order valence-electron chi connectivity index (χ4n) is 4.58. The Labute approximate surface area is 116 Å². The van der Waals surface area contributed by atoms with Crippen LogP contribution in [0.4, 0.5) is 0 Å². The molecule has 112 valence electrons. The zero-order valence-electron chi connectivity index (χ0n) is 11.6. The zero-order chi connectivity index (χ0) is 14.9. The Morgan fingerprint density at radius 2 is 2.05 bits per heavy atom. The minimum atomic E-state index is -1.44. The van der Waals surface area contributed by atoms with E-state index in [0.29, 0.717) is 12.8 Å². The van der Waals surface area contributed by atoms with Crippen molar-refractivity contribution in [3.63, 3.8) is 0 Å². The maximum Gasteiger partial charge on any atom is 0.310 e. The molecule has 2 aliphatic carbocycles. The molecule has 0 bridgehead atoms. The molecule has 3 rings (SSSR count). The zero-order valence-corrected chi connectivity index (χ0v) is 11.6.